The van der Waals surface area contributed by atoms with E-state index in [-0.39, 0.29) is 12.2 Å². The van der Waals surface area contributed by atoms with E-state index in [1.165, 1.54) is 0 Å². The quantitative estimate of drug-likeness (QED) is 0.872. The molecule has 0 spiro atoms. The summed E-state index contributed by atoms with van der Waals surface area (Å²) in [5.41, 5.74) is 0. The van der Waals surface area contributed by atoms with Crippen molar-refractivity contribution >= 4 is 11.9 Å². The minimum absolute atomic E-state index is 0.161. The van der Waals surface area contributed by atoms with Crippen molar-refractivity contribution in [3.8, 4) is 6.01 Å². The van der Waals surface area contributed by atoms with E-state index in [1.54, 1.807) is 7.11 Å². The Bertz CT molecular complexity index is 433. The summed E-state index contributed by atoms with van der Waals surface area (Å²) in [6, 6.07) is 0.334. The van der Waals surface area contributed by atoms with Gasteiger partial charge in [0.25, 0.3) is 0 Å². The molecule has 1 aromatic rings. The van der Waals surface area contributed by atoms with Crippen LogP contribution < -0.4 is 15.0 Å². The molecule has 2 atom stereocenters. The second-order valence-corrected chi connectivity index (χ2v) is 5.03. The molecular formula is C13H23N5O2. The maximum absolute atomic E-state index is 5.73. The van der Waals surface area contributed by atoms with Gasteiger partial charge in [-0.25, -0.2) is 0 Å². The molecule has 1 saturated heterocycles. The summed E-state index contributed by atoms with van der Waals surface area (Å²) in [7, 11) is 1.56. The first kappa shape index (κ1) is 14.8. The molecule has 1 N–H and O–H groups in total. The summed E-state index contributed by atoms with van der Waals surface area (Å²) in [5.74, 6) is 1.19. The van der Waals surface area contributed by atoms with E-state index in [9.17, 15) is 0 Å². The summed E-state index contributed by atoms with van der Waals surface area (Å²) in [6.45, 7) is 8.56. The van der Waals surface area contributed by atoms with E-state index in [0.717, 1.165) is 26.1 Å². The molecular weight excluding hydrogens is 258 g/mol. The zero-order valence-corrected chi connectivity index (χ0v) is 12.6. The van der Waals surface area contributed by atoms with Crippen LogP contribution in [0, 0.1) is 0 Å². The fourth-order valence-corrected chi connectivity index (χ4v) is 2.24. The number of rotatable bonds is 5. The lowest BCUT2D eigenvalue weighted by atomic mass is 10.2. The smallest absolute Gasteiger partial charge is 0.322 e. The zero-order chi connectivity index (χ0) is 14.5. The summed E-state index contributed by atoms with van der Waals surface area (Å²) in [6.07, 6.45) is 1.33. The van der Waals surface area contributed by atoms with Gasteiger partial charge in [0.15, 0.2) is 0 Å². The van der Waals surface area contributed by atoms with Crippen molar-refractivity contribution < 1.29 is 9.47 Å². The molecule has 0 amide bonds. The minimum atomic E-state index is 0.161. The van der Waals surface area contributed by atoms with Crippen LogP contribution in [0.4, 0.5) is 11.9 Å². The number of nitrogens with zero attached hydrogens (tertiary/aromatic N) is 4. The molecule has 7 heteroatoms. The second kappa shape index (κ2) is 6.69. The van der Waals surface area contributed by atoms with Gasteiger partial charge in [0.05, 0.1) is 19.3 Å². The van der Waals surface area contributed by atoms with Gasteiger partial charge in [0.1, 0.15) is 0 Å². The zero-order valence-electron chi connectivity index (χ0n) is 12.6. The number of nitrogens with one attached hydrogen (secondary N) is 1. The third-order valence-corrected chi connectivity index (χ3v) is 3.02. The van der Waals surface area contributed by atoms with E-state index in [2.05, 4.69) is 45.9 Å². The number of aromatic nitrogens is 3. The molecule has 0 aliphatic carbocycles. The summed E-state index contributed by atoms with van der Waals surface area (Å²) >= 11 is 0. The van der Waals surface area contributed by atoms with Crippen LogP contribution in [0.5, 0.6) is 6.01 Å². The maximum atomic E-state index is 5.73. The maximum Gasteiger partial charge on any atom is 0.322 e. The number of methoxy groups -OCH3 is 1. The van der Waals surface area contributed by atoms with Crippen molar-refractivity contribution in [2.75, 3.05) is 37.0 Å². The highest BCUT2D eigenvalue weighted by atomic mass is 16.5. The fourth-order valence-electron chi connectivity index (χ4n) is 2.24. The van der Waals surface area contributed by atoms with Gasteiger partial charge in [-0.3, -0.25) is 0 Å². The number of anilines is 2. The first-order valence-corrected chi connectivity index (χ1v) is 7.06. The largest absolute Gasteiger partial charge is 0.467 e. The van der Waals surface area contributed by atoms with Gasteiger partial charge < -0.3 is 19.7 Å². The predicted octanol–water partition coefficient (Wildman–Crippen LogP) is 1.32. The molecule has 2 heterocycles. The molecule has 1 aromatic heterocycles. The van der Waals surface area contributed by atoms with E-state index in [0.29, 0.717) is 17.9 Å². The molecule has 1 aliphatic rings. The molecule has 2 rings (SSSR count). The third kappa shape index (κ3) is 3.69. The topological polar surface area (TPSA) is 72.4 Å². The Labute approximate surface area is 119 Å². The molecule has 1 fully saturated rings. The molecule has 0 saturated carbocycles. The number of hydrogen-bond donors (Lipinski definition) is 1. The van der Waals surface area contributed by atoms with Crippen LogP contribution >= 0.6 is 0 Å². The van der Waals surface area contributed by atoms with Crippen molar-refractivity contribution in [1.82, 2.24) is 15.0 Å². The molecule has 0 unspecified atom stereocenters. The normalized spacial score (nSPS) is 22.7. The molecule has 112 valence electrons. The third-order valence-electron chi connectivity index (χ3n) is 3.02. The van der Waals surface area contributed by atoms with Crippen LogP contribution in [0.25, 0.3) is 0 Å². The van der Waals surface area contributed by atoms with Crippen LogP contribution in [-0.2, 0) is 4.74 Å². The van der Waals surface area contributed by atoms with Gasteiger partial charge in [-0.05, 0) is 20.3 Å². The average molecular weight is 281 g/mol. The summed E-state index contributed by atoms with van der Waals surface area (Å²) in [5, 5.41) is 3.17. The van der Waals surface area contributed by atoms with Crippen LogP contribution in [0.15, 0.2) is 0 Å². The highest BCUT2D eigenvalue weighted by Crippen LogP contribution is 2.19. The van der Waals surface area contributed by atoms with Crippen LogP contribution in [0.1, 0.15) is 27.2 Å². The van der Waals surface area contributed by atoms with Gasteiger partial charge in [0, 0.05) is 19.6 Å². The Morgan fingerprint density at radius 2 is 1.95 bits per heavy atom. The Hall–Kier alpha value is -1.63. The Kier molecular flexibility index (Phi) is 4.94. The molecule has 0 bridgehead atoms. The highest BCUT2D eigenvalue weighted by Gasteiger charge is 2.25. The van der Waals surface area contributed by atoms with E-state index in [1.807, 2.05) is 0 Å². The van der Waals surface area contributed by atoms with Crippen LogP contribution in [0.3, 0.4) is 0 Å². The minimum Gasteiger partial charge on any atom is -0.467 e. The predicted molar refractivity (Wildman–Crippen MR) is 77.4 cm³/mol. The lowest BCUT2D eigenvalue weighted by Crippen LogP contribution is -2.46. The fraction of sp³-hybridized carbons (Fsp3) is 0.769. The lowest BCUT2D eigenvalue weighted by molar-refractivity contribution is -0.00576. The average Bonchev–Trinajstić information content (AvgIpc) is 2.43. The monoisotopic (exact) mass is 281 g/mol. The van der Waals surface area contributed by atoms with E-state index < -0.39 is 0 Å². The van der Waals surface area contributed by atoms with Crippen molar-refractivity contribution in [2.45, 2.75) is 39.4 Å². The van der Waals surface area contributed by atoms with Crippen LogP contribution in [-0.4, -0.2) is 53.9 Å². The van der Waals surface area contributed by atoms with Crippen molar-refractivity contribution in [3.63, 3.8) is 0 Å². The standard InChI is InChI=1S/C13H23N5O2/c1-5-6-14-11-15-12(17-13(16-11)19-4)18-7-9(2)20-10(3)8-18/h9-10H,5-8H2,1-4H3,(H,14,15,16,17)/t9-,10+. The van der Waals surface area contributed by atoms with E-state index >= 15 is 0 Å². The van der Waals surface area contributed by atoms with Crippen LogP contribution in [0.2, 0.25) is 0 Å². The summed E-state index contributed by atoms with van der Waals surface area (Å²) in [4.78, 5) is 15.1. The van der Waals surface area contributed by atoms with Gasteiger partial charge in [-0.15, -0.1) is 0 Å². The van der Waals surface area contributed by atoms with Crippen molar-refractivity contribution in [3.05, 3.63) is 0 Å². The summed E-state index contributed by atoms with van der Waals surface area (Å²) < 4.78 is 10.9. The van der Waals surface area contributed by atoms with Gasteiger partial charge in [0.2, 0.25) is 11.9 Å². The van der Waals surface area contributed by atoms with Gasteiger partial charge >= 0.3 is 6.01 Å². The SMILES string of the molecule is CCCNc1nc(OC)nc(N2C[C@@H](C)O[C@@H](C)C2)n1. The lowest BCUT2D eigenvalue weighted by Gasteiger charge is -2.35. The van der Waals surface area contributed by atoms with Gasteiger partial charge in [-0.1, -0.05) is 6.92 Å². The molecule has 20 heavy (non-hydrogen) atoms. The van der Waals surface area contributed by atoms with Gasteiger partial charge in [-0.2, -0.15) is 15.0 Å². The number of morpholine rings is 1. The van der Waals surface area contributed by atoms with E-state index in [4.69, 9.17) is 9.47 Å². The Morgan fingerprint density at radius 3 is 2.55 bits per heavy atom. The highest BCUT2D eigenvalue weighted by molar-refractivity contribution is 5.39. The number of ether oxygens (including phenoxy) is 2. The Balaban J connectivity index is 2.20. The molecule has 0 aromatic carbocycles. The second-order valence-electron chi connectivity index (χ2n) is 5.03. The van der Waals surface area contributed by atoms with Crippen molar-refractivity contribution in [2.24, 2.45) is 0 Å². The first-order valence-electron chi connectivity index (χ1n) is 7.06. The molecule has 0 radical (unpaired) electrons. The molecule has 7 nitrogen and oxygen atoms in total. The van der Waals surface area contributed by atoms with Crippen molar-refractivity contribution in [1.29, 1.82) is 0 Å². The Morgan fingerprint density at radius 1 is 1.25 bits per heavy atom. The first-order chi connectivity index (χ1) is 9.62. The molecule has 1 aliphatic heterocycles. The number of hydrogen-bond acceptors (Lipinski definition) is 7.